The fraction of sp³-hybridized carbons (Fsp3) is 0.348. The maximum Gasteiger partial charge on any atom is 0.349 e. The van der Waals surface area contributed by atoms with Gasteiger partial charge in [0, 0.05) is 29.7 Å². The number of benzene rings is 1. The first kappa shape index (κ1) is 22.0. The molecular weight excluding hydrogens is 398 g/mol. The molecule has 0 saturated heterocycles. The zero-order valence-corrected chi connectivity index (χ0v) is 17.9. The third kappa shape index (κ3) is 5.25. The summed E-state index contributed by atoms with van der Waals surface area (Å²) in [6.45, 7) is 7.27. The Bertz CT molecular complexity index is 1060. The number of nitrogens with zero attached hydrogens (tertiary/aromatic N) is 2. The van der Waals surface area contributed by atoms with Gasteiger partial charge < -0.3 is 24.1 Å². The van der Waals surface area contributed by atoms with Crippen LogP contribution >= 0.6 is 0 Å². The maximum atomic E-state index is 12.3. The molecule has 0 bridgehead atoms. The molecule has 0 saturated carbocycles. The second-order valence-corrected chi connectivity index (χ2v) is 7.13. The van der Waals surface area contributed by atoms with Gasteiger partial charge >= 0.3 is 5.97 Å². The number of aryl methyl sites for hydroxylation is 1. The Labute approximate surface area is 181 Å². The van der Waals surface area contributed by atoms with E-state index in [1.165, 1.54) is 6.08 Å². The highest BCUT2D eigenvalue weighted by atomic mass is 16.6. The Balaban J connectivity index is 1.61. The van der Waals surface area contributed by atoms with Crippen molar-refractivity contribution in [3.05, 3.63) is 46.8 Å². The minimum absolute atomic E-state index is 0.163. The van der Waals surface area contributed by atoms with Gasteiger partial charge in [0.15, 0.2) is 18.1 Å². The molecule has 0 aliphatic carbocycles. The van der Waals surface area contributed by atoms with Crippen molar-refractivity contribution in [2.24, 2.45) is 0 Å². The number of hydrogen-bond acceptors (Lipinski definition) is 6. The highest BCUT2D eigenvalue weighted by Gasteiger charge is 2.17. The lowest BCUT2D eigenvalue weighted by atomic mass is 10.1. The van der Waals surface area contributed by atoms with Gasteiger partial charge in [-0.15, -0.1) is 0 Å². The molecule has 1 N–H and O–H groups in total. The summed E-state index contributed by atoms with van der Waals surface area (Å²) >= 11 is 0. The van der Waals surface area contributed by atoms with Crippen molar-refractivity contribution in [1.82, 2.24) is 4.57 Å². The Morgan fingerprint density at radius 2 is 1.97 bits per heavy atom. The highest BCUT2D eigenvalue weighted by molar-refractivity contribution is 6.00. The minimum atomic E-state index is -0.847. The Hall–Kier alpha value is -3.73. The second kappa shape index (κ2) is 9.85. The van der Waals surface area contributed by atoms with Crippen LogP contribution in [-0.4, -0.2) is 36.3 Å². The van der Waals surface area contributed by atoms with E-state index in [2.05, 4.69) is 16.8 Å². The zero-order valence-electron chi connectivity index (χ0n) is 17.9. The topological polar surface area (TPSA) is 103 Å². The van der Waals surface area contributed by atoms with Crippen LogP contribution in [0.5, 0.6) is 11.5 Å². The molecule has 0 unspecified atom stereocenters. The fourth-order valence-electron chi connectivity index (χ4n) is 3.36. The Morgan fingerprint density at radius 3 is 2.68 bits per heavy atom. The quantitative estimate of drug-likeness (QED) is 0.416. The van der Waals surface area contributed by atoms with Gasteiger partial charge in [-0.1, -0.05) is 6.92 Å². The number of anilines is 1. The first-order valence-electron chi connectivity index (χ1n) is 10.1. The molecule has 2 heterocycles. The number of esters is 1. The molecule has 0 spiro atoms. The molecule has 8 nitrogen and oxygen atoms in total. The van der Waals surface area contributed by atoms with Gasteiger partial charge in [0.05, 0.1) is 0 Å². The average Bonchev–Trinajstić information content (AvgIpc) is 3.03. The summed E-state index contributed by atoms with van der Waals surface area (Å²) < 4.78 is 18.1. The number of ether oxygens (including phenoxy) is 3. The van der Waals surface area contributed by atoms with Crippen LogP contribution in [0.4, 0.5) is 5.69 Å². The van der Waals surface area contributed by atoms with E-state index in [9.17, 15) is 14.9 Å². The number of aromatic nitrogens is 1. The first-order chi connectivity index (χ1) is 14.9. The van der Waals surface area contributed by atoms with Crippen molar-refractivity contribution in [2.75, 3.05) is 25.1 Å². The van der Waals surface area contributed by atoms with Crippen molar-refractivity contribution in [2.45, 2.75) is 33.7 Å². The van der Waals surface area contributed by atoms with Gasteiger partial charge in [-0.2, -0.15) is 5.26 Å². The molecule has 8 heteroatoms. The molecule has 3 rings (SSSR count). The molecule has 0 radical (unpaired) electrons. The van der Waals surface area contributed by atoms with Crippen LogP contribution in [0, 0.1) is 25.2 Å². The number of carbonyl (C=O) groups excluding carboxylic acids is 2. The summed E-state index contributed by atoms with van der Waals surface area (Å²) in [5.74, 6) is -0.224. The van der Waals surface area contributed by atoms with Crippen LogP contribution in [0.25, 0.3) is 6.08 Å². The monoisotopic (exact) mass is 423 g/mol. The number of fused-ring (bicyclic) bond motifs is 1. The summed E-state index contributed by atoms with van der Waals surface area (Å²) in [4.78, 5) is 24.5. The van der Waals surface area contributed by atoms with E-state index >= 15 is 0 Å². The van der Waals surface area contributed by atoms with E-state index in [-0.39, 0.29) is 5.57 Å². The standard InChI is InChI=1S/C23H25N3O5/c1-4-7-26-15(2)10-17(16(26)3)11-18(13-24)23(28)31-14-22(27)25-19-5-6-20-21(12-19)30-9-8-29-20/h5-6,10-12H,4,7-9,14H2,1-3H3,(H,25,27). The van der Waals surface area contributed by atoms with Crippen LogP contribution in [0.15, 0.2) is 29.8 Å². The number of nitrogens with one attached hydrogen (secondary N) is 1. The van der Waals surface area contributed by atoms with E-state index in [1.54, 1.807) is 18.2 Å². The smallest absolute Gasteiger partial charge is 0.349 e. The van der Waals surface area contributed by atoms with Crippen molar-refractivity contribution in [1.29, 1.82) is 5.26 Å². The van der Waals surface area contributed by atoms with Crippen LogP contribution in [0.3, 0.4) is 0 Å². The summed E-state index contributed by atoms with van der Waals surface area (Å²) in [5, 5.41) is 12.0. The molecule has 0 atom stereocenters. The van der Waals surface area contributed by atoms with Gasteiger partial charge in [-0.25, -0.2) is 4.79 Å². The third-order valence-electron chi connectivity index (χ3n) is 4.86. The van der Waals surface area contributed by atoms with E-state index in [1.807, 2.05) is 26.0 Å². The molecule has 1 amide bonds. The molecule has 162 valence electrons. The normalized spacial score (nSPS) is 12.8. The minimum Gasteiger partial charge on any atom is -0.486 e. The molecule has 1 aromatic heterocycles. The molecule has 2 aromatic rings. The number of carbonyl (C=O) groups is 2. The molecular formula is C23H25N3O5. The average molecular weight is 423 g/mol. The molecule has 0 fully saturated rings. The lowest BCUT2D eigenvalue weighted by Crippen LogP contribution is -2.21. The predicted molar refractivity (Wildman–Crippen MR) is 115 cm³/mol. The van der Waals surface area contributed by atoms with Crippen LogP contribution in [-0.2, 0) is 20.9 Å². The van der Waals surface area contributed by atoms with Crippen molar-refractivity contribution in [3.63, 3.8) is 0 Å². The van der Waals surface area contributed by atoms with Gasteiger partial charge in [0.25, 0.3) is 5.91 Å². The number of amides is 1. The largest absolute Gasteiger partial charge is 0.486 e. The van der Waals surface area contributed by atoms with E-state index in [4.69, 9.17) is 14.2 Å². The van der Waals surface area contributed by atoms with E-state index in [0.29, 0.717) is 30.4 Å². The van der Waals surface area contributed by atoms with Crippen LogP contribution in [0.1, 0.15) is 30.3 Å². The highest BCUT2D eigenvalue weighted by Crippen LogP contribution is 2.32. The van der Waals surface area contributed by atoms with Gasteiger partial charge in [-0.05, 0) is 50.1 Å². The second-order valence-electron chi connectivity index (χ2n) is 7.13. The number of hydrogen-bond donors (Lipinski definition) is 1. The molecule has 1 aliphatic rings. The maximum absolute atomic E-state index is 12.3. The molecule has 1 aliphatic heterocycles. The lowest BCUT2D eigenvalue weighted by Gasteiger charge is -2.19. The predicted octanol–water partition coefficient (Wildman–Crippen LogP) is 3.38. The van der Waals surface area contributed by atoms with Crippen molar-refractivity contribution < 1.29 is 23.8 Å². The van der Waals surface area contributed by atoms with Gasteiger partial charge in [0.1, 0.15) is 24.9 Å². The fourth-order valence-corrected chi connectivity index (χ4v) is 3.36. The summed E-state index contributed by atoms with van der Waals surface area (Å²) in [6, 6.07) is 8.78. The summed E-state index contributed by atoms with van der Waals surface area (Å²) in [7, 11) is 0. The van der Waals surface area contributed by atoms with Crippen molar-refractivity contribution in [3.8, 4) is 17.6 Å². The first-order valence-corrected chi connectivity index (χ1v) is 10.1. The SMILES string of the molecule is CCCn1c(C)cc(C=C(C#N)C(=O)OCC(=O)Nc2ccc3c(c2)OCCO3)c1C. The number of rotatable bonds is 7. The zero-order chi connectivity index (χ0) is 22.4. The van der Waals surface area contributed by atoms with E-state index < -0.39 is 18.5 Å². The van der Waals surface area contributed by atoms with E-state index in [0.717, 1.165) is 29.9 Å². The summed E-state index contributed by atoms with van der Waals surface area (Å²) in [6.07, 6.45) is 2.47. The third-order valence-corrected chi connectivity index (χ3v) is 4.86. The number of nitriles is 1. The van der Waals surface area contributed by atoms with Crippen LogP contribution < -0.4 is 14.8 Å². The lowest BCUT2D eigenvalue weighted by molar-refractivity contribution is -0.142. The molecule has 1 aromatic carbocycles. The van der Waals surface area contributed by atoms with Crippen LogP contribution in [0.2, 0.25) is 0 Å². The Morgan fingerprint density at radius 1 is 1.23 bits per heavy atom. The Kier molecular flexibility index (Phi) is 6.98. The molecule has 31 heavy (non-hydrogen) atoms. The van der Waals surface area contributed by atoms with Crippen molar-refractivity contribution >= 4 is 23.6 Å². The van der Waals surface area contributed by atoms with Gasteiger partial charge in [-0.3, -0.25) is 4.79 Å². The summed E-state index contributed by atoms with van der Waals surface area (Å²) in [5.41, 5.74) is 3.13. The van der Waals surface area contributed by atoms with Gasteiger partial charge in [0.2, 0.25) is 0 Å².